The normalized spacial score (nSPS) is 16.1. The van der Waals surface area contributed by atoms with Crippen LogP contribution in [0.4, 0.5) is 5.69 Å². The number of hydrogen-bond acceptors (Lipinski definition) is 3. The van der Waals surface area contributed by atoms with Crippen LogP contribution in [0.5, 0.6) is 5.75 Å². The standard InChI is InChI=1S/C14H18N2O/c1-17-14-9-7-13(8-10-14)16-11-15-12-5-3-2-4-6-12/h7-10,12H,2-6H2,1H3. The molecule has 0 unspecified atom stereocenters. The fourth-order valence-corrected chi connectivity index (χ4v) is 2.04. The second-order valence-electron chi connectivity index (χ2n) is 4.33. The Bertz CT molecular complexity index is 399. The van der Waals surface area contributed by atoms with Gasteiger partial charge in [0.1, 0.15) is 5.75 Å². The summed E-state index contributed by atoms with van der Waals surface area (Å²) in [6.07, 6.45) is 6.30. The Kier molecular flexibility index (Phi) is 4.34. The smallest absolute Gasteiger partial charge is 0.119 e. The van der Waals surface area contributed by atoms with E-state index in [9.17, 15) is 0 Å². The lowest BCUT2D eigenvalue weighted by atomic mass is 9.96. The quantitative estimate of drug-likeness (QED) is 0.726. The van der Waals surface area contributed by atoms with E-state index in [-0.39, 0.29) is 0 Å². The fraction of sp³-hybridized carbons (Fsp3) is 0.500. The monoisotopic (exact) mass is 230 g/mol. The molecule has 0 aromatic heterocycles. The molecule has 1 aromatic carbocycles. The summed E-state index contributed by atoms with van der Waals surface area (Å²) in [5.74, 6) is 0.841. The number of nitrogens with zero attached hydrogens (tertiary/aromatic N) is 2. The van der Waals surface area contributed by atoms with E-state index in [0.717, 1.165) is 11.4 Å². The van der Waals surface area contributed by atoms with Crippen molar-refractivity contribution in [2.45, 2.75) is 38.1 Å². The summed E-state index contributed by atoms with van der Waals surface area (Å²) in [7, 11) is 1.66. The van der Waals surface area contributed by atoms with Gasteiger partial charge in [-0.15, -0.1) is 0 Å². The minimum atomic E-state index is 0.436. The molecule has 0 atom stereocenters. The molecule has 1 aliphatic rings. The second kappa shape index (κ2) is 6.21. The van der Waals surface area contributed by atoms with Gasteiger partial charge in [-0.2, -0.15) is 4.99 Å². The van der Waals surface area contributed by atoms with Crippen LogP contribution in [-0.2, 0) is 0 Å². The summed E-state index contributed by atoms with van der Waals surface area (Å²) in [6, 6.07) is 10.8. The Balaban J connectivity index is 1.95. The summed E-state index contributed by atoms with van der Waals surface area (Å²) in [5.41, 5.74) is 0.866. The number of benzene rings is 1. The van der Waals surface area contributed by atoms with Gasteiger partial charge < -0.3 is 4.74 Å². The molecule has 90 valence electrons. The van der Waals surface area contributed by atoms with Crippen molar-refractivity contribution in [1.29, 1.82) is 0 Å². The number of hydrogen-bond donors (Lipinski definition) is 0. The topological polar surface area (TPSA) is 34.0 Å². The fourth-order valence-electron chi connectivity index (χ4n) is 2.04. The van der Waals surface area contributed by atoms with E-state index in [1.54, 1.807) is 7.11 Å². The number of aliphatic imine (C=N–C) groups is 2. The van der Waals surface area contributed by atoms with Gasteiger partial charge in [0.25, 0.3) is 0 Å². The zero-order valence-electron chi connectivity index (χ0n) is 10.2. The largest absolute Gasteiger partial charge is 0.497 e. The highest BCUT2D eigenvalue weighted by atomic mass is 16.5. The van der Waals surface area contributed by atoms with E-state index in [0.29, 0.717) is 6.04 Å². The molecule has 1 aromatic rings. The van der Waals surface area contributed by atoms with E-state index in [2.05, 4.69) is 16.0 Å². The first kappa shape index (κ1) is 11.9. The average molecular weight is 230 g/mol. The first-order chi connectivity index (χ1) is 8.38. The Hall–Kier alpha value is -1.60. The highest BCUT2D eigenvalue weighted by Crippen LogP contribution is 2.20. The summed E-state index contributed by atoms with van der Waals surface area (Å²) >= 11 is 0. The van der Waals surface area contributed by atoms with E-state index in [4.69, 9.17) is 4.74 Å². The molecule has 2 rings (SSSR count). The molecule has 0 aliphatic heterocycles. The zero-order chi connectivity index (χ0) is 11.9. The molecule has 17 heavy (non-hydrogen) atoms. The second-order valence-corrected chi connectivity index (χ2v) is 4.33. The van der Waals surface area contributed by atoms with Crippen molar-refractivity contribution in [3.63, 3.8) is 0 Å². The predicted molar refractivity (Wildman–Crippen MR) is 69.4 cm³/mol. The maximum absolute atomic E-state index is 5.08. The van der Waals surface area contributed by atoms with Gasteiger partial charge in [0.15, 0.2) is 0 Å². The third-order valence-corrected chi connectivity index (χ3v) is 3.07. The van der Waals surface area contributed by atoms with Crippen LogP contribution in [0.3, 0.4) is 0 Å². The van der Waals surface area contributed by atoms with Gasteiger partial charge in [-0.25, -0.2) is 4.99 Å². The zero-order valence-corrected chi connectivity index (χ0v) is 10.2. The molecule has 0 amide bonds. The minimum absolute atomic E-state index is 0.436. The number of rotatable bonds is 3. The SMILES string of the molecule is COc1ccc(N=C=NC2CCCCC2)cc1. The van der Waals surface area contributed by atoms with Crippen LogP contribution < -0.4 is 4.74 Å². The summed E-state index contributed by atoms with van der Waals surface area (Å²) in [6.45, 7) is 0. The van der Waals surface area contributed by atoms with Crippen LogP contribution in [0.15, 0.2) is 34.3 Å². The Morgan fingerprint density at radius 3 is 2.47 bits per heavy atom. The van der Waals surface area contributed by atoms with Gasteiger partial charge in [0.05, 0.1) is 24.8 Å². The van der Waals surface area contributed by atoms with E-state index >= 15 is 0 Å². The van der Waals surface area contributed by atoms with E-state index in [1.807, 2.05) is 24.3 Å². The molecule has 1 aliphatic carbocycles. The van der Waals surface area contributed by atoms with Crippen molar-refractivity contribution in [2.75, 3.05) is 7.11 Å². The van der Waals surface area contributed by atoms with Gasteiger partial charge in [0.2, 0.25) is 0 Å². The summed E-state index contributed by atoms with van der Waals surface area (Å²) in [4.78, 5) is 8.58. The van der Waals surface area contributed by atoms with E-state index < -0.39 is 0 Å². The first-order valence-electron chi connectivity index (χ1n) is 6.18. The molecule has 3 heteroatoms. The molecule has 3 nitrogen and oxygen atoms in total. The van der Waals surface area contributed by atoms with Crippen molar-refractivity contribution in [3.8, 4) is 5.75 Å². The third-order valence-electron chi connectivity index (χ3n) is 3.07. The van der Waals surface area contributed by atoms with Gasteiger partial charge >= 0.3 is 0 Å². The lowest BCUT2D eigenvalue weighted by Crippen LogP contribution is -2.08. The Morgan fingerprint density at radius 2 is 1.82 bits per heavy atom. The van der Waals surface area contributed by atoms with E-state index in [1.165, 1.54) is 32.1 Å². The Labute approximate surface area is 102 Å². The van der Waals surface area contributed by atoms with Gasteiger partial charge in [0, 0.05) is 0 Å². The molecule has 0 N–H and O–H groups in total. The van der Waals surface area contributed by atoms with Crippen molar-refractivity contribution in [1.82, 2.24) is 0 Å². The van der Waals surface area contributed by atoms with Crippen LogP contribution in [0.1, 0.15) is 32.1 Å². The molecule has 0 radical (unpaired) electrons. The average Bonchev–Trinajstić information content (AvgIpc) is 2.41. The highest BCUT2D eigenvalue weighted by molar-refractivity contribution is 5.53. The van der Waals surface area contributed by atoms with Crippen LogP contribution in [0, 0.1) is 0 Å². The van der Waals surface area contributed by atoms with Crippen molar-refractivity contribution in [3.05, 3.63) is 24.3 Å². The van der Waals surface area contributed by atoms with Crippen LogP contribution in [-0.4, -0.2) is 19.2 Å². The maximum Gasteiger partial charge on any atom is 0.119 e. The lowest BCUT2D eigenvalue weighted by Gasteiger charge is -2.15. The van der Waals surface area contributed by atoms with Crippen molar-refractivity contribution < 1.29 is 4.74 Å². The minimum Gasteiger partial charge on any atom is -0.497 e. The predicted octanol–water partition coefficient (Wildman–Crippen LogP) is 3.83. The number of ether oxygens (including phenoxy) is 1. The van der Waals surface area contributed by atoms with Gasteiger partial charge in [-0.1, -0.05) is 19.3 Å². The van der Waals surface area contributed by atoms with Crippen molar-refractivity contribution >= 4 is 11.7 Å². The lowest BCUT2D eigenvalue weighted by molar-refractivity contribution is 0.415. The molecular weight excluding hydrogens is 212 g/mol. The van der Waals surface area contributed by atoms with Crippen LogP contribution in [0.25, 0.3) is 0 Å². The summed E-state index contributed by atoms with van der Waals surface area (Å²) < 4.78 is 5.08. The van der Waals surface area contributed by atoms with Gasteiger partial charge in [-0.05, 0) is 37.1 Å². The summed E-state index contributed by atoms with van der Waals surface area (Å²) in [5, 5.41) is 0. The third kappa shape index (κ3) is 3.72. The molecule has 0 saturated heterocycles. The van der Waals surface area contributed by atoms with Crippen molar-refractivity contribution in [2.24, 2.45) is 9.98 Å². The molecule has 0 bridgehead atoms. The Morgan fingerprint density at radius 1 is 1.12 bits per heavy atom. The molecule has 1 saturated carbocycles. The maximum atomic E-state index is 5.08. The van der Waals surface area contributed by atoms with Gasteiger partial charge in [-0.3, -0.25) is 0 Å². The highest BCUT2D eigenvalue weighted by Gasteiger charge is 2.10. The van der Waals surface area contributed by atoms with Crippen LogP contribution >= 0.6 is 0 Å². The molecular formula is C14H18N2O. The first-order valence-corrected chi connectivity index (χ1v) is 6.18. The molecule has 0 heterocycles. The van der Waals surface area contributed by atoms with Crippen LogP contribution in [0.2, 0.25) is 0 Å². The molecule has 1 fully saturated rings. The molecule has 0 spiro atoms. The number of methoxy groups -OCH3 is 1.